The Balaban J connectivity index is 2.58. The van der Waals surface area contributed by atoms with Crippen LogP contribution < -0.4 is 5.84 Å². The first-order chi connectivity index (χ1) is 7.13. The van der Waals surface area contributed by atoms with E-state index in [0.717, 1.165) is 10.6 Å². The fraction of sp³-hybridized carbons (Fsp3) is 0.182. The Bertz CT molecular complexity index is 348. The average Bonchev–Trinajstić information content (AvgIpc) is 2.22. The van der Waals surface area contributed by atoms with Gasteiger partial charge < -0.3 is 0 Å². The molecule has 0 atom stereocenters. The number of hydrazine groups is 1. The first-order valence-corrected chi connectivity index (χ1v) is 4.54. The summed E-state index contributed by atoms with van der Waals surface area (Å²) < 4.78 is 12.6. The molecule has 0 spiro atoms. The van der Waals surface area contributed by atoms with Gasteiger partial charge in [0.2, 0.25) is 5.91 Å². The summed E-state index contributed by atoms with van der Waals surface area (Å²) in [5, 5.41) is 1.08. The number of carbonyl (C=O) groups excluding carboxylic acids is 1. The summed E-state index contributed by atoms with van der Waals surface area (Å²) in [5.74, 6) is 4.91. The van der Waals surface area contributed by atoms with E-state index < -0.39 is 0 Å². The molecule has 0 unspecified atom stereocenters. The molecule has 0 aliphatic carbocycles. The van der Waals surface area contributed by atoms with Crippen LogP contribution in [0.4, 0.5) is 4.39 Å². The van der Waals surface area contributed by atoms with E-state index in [-0.39, 0.29) is 18.1 Å². The van der Waals surface area contributed by atoms with Crippen molar-refractivity contribution < 1.29 is 9.18 Å². The molecule has 1 aromatic rings. The van der Waals surface area contributed by atoms with E-state index in [9.17, 15) is 9.18 Å². The van der Waals surface area contributed by atoms with Gasteiger partial charge in [-0.3, -0.25) is 9.80 Å². The normalized spacial score (nSPS) is 9.73. The van der Waals surface area contributed by atoms with E-state index in [1.165, 1.54) is 12.1 Å². The third-order valence-corrected chi connectivity index (χ3v) is 1.91. The second-order valence-electron chi connectivity index (χ2n) is 3.14. The largest absolute Gasteiger partial charge is 0.277 e. The van der Waals surface area contributed by atoms with Crippen LogP contribution >= 0.6 is 0 Å². The van der Waals surface area contributed by atoms with Gasteiger partial charge in [-0.05, 0) is 17.7 Å². The van der Waals surface area contributed by atoms with E-state index in [1.54, 1.807) is 18.2 Å². The highest BCUT2D eigenvalue weighted by atomic mass is 19.1. The summed E-state index contributed by atoms with van der Waals surface area (Å²) in [6.45, 7) is 3.78. The maximum absolute atomic E-state index is 12.6. The van der Waals surface area contributed by atoms with Crippen molar-refractivity contribution in [3.05, 3.63) is 48.3 Å². The highest BCUT2D eigenvalue weighted by molar-refractivity contribution is 5.78. The summed E-state index contributed by atoms with van der Waals surface area (Å²) in [6.07, 6.45) is 1.72. The Hall–Kier alpha value is -1.68. The first-order valence-electron chi connectivity index (χ1n) is 4.54. The van der Waals surface area contributed by atoms with Gasteiger partial charge in [0, 0.05) is 0 Å². The number of halogens is 1. The minimum absolute atomic E-state index is 0.171. The molecule has 0 fully saturated rings. The number of hydrogen-bond acceptors (Lipinski definition) is 2. The molecule has 0 aliphatic heterocycles. The average molecular weight is 208 g/mol. The standard InChI is InChI=1S/C11H13FN2O/c1-2-7-14(13)11(15)8-9-3-5-10(12)6-4-9/h2-6H,1,7-8,13H2. The predicted octanol–water partition coefficient (Wildman–Crippen LogP) is 1.26. The quantitative estimate of drug-likeness (QED) is 0.350. The van der Waals surface area contributed by atoms with Gasteiger partial charge in [-0.1, -0.05) is 18.2 Å². The third-order valence-electron chi connectivity index (χ3n) is 1.91. The summed E-state index contributed by atoms with van der Waals surface area (Å²) in [6, 6.07) is 5.76. The third kappa shape index (κ3) is 3.52. The van der Waals surface area contributed by atoms with E-state index in [0.29, 0.717) is 6.54 Å². The first kappa shape index (κ1) is 11.4. The summed E-state index contributed by atoms with van der Waals surface area (Å²) in [5.41, 5.74) is 0.737. The molecule has 80 valence electrons. The molecule has 1 rings (SSSR count). The van der Waals surface area contributed by atoms with Crippen LogP contribution in [0.1, 0.15) is 5.56 Å². The van der Waals surface area contributed by atoms with Crippen molar-refractivity contribution in [2.75, 3.05) is 6.54 Å². The molecule has 0 saturated heterocycles. The zero-order chi connectivity index (χ0) is 11.3. The summed E-state index contributed by atoms with van der Waals surface area (Å²) in [4.78, 5) is 11.4. The van der Waals surface area contributed by atoms with Crippen LogP contribution in [0.3, 0.4) is 0 Å². The lowest BCUT2D eigenvalue weighted by Gasteiger charge is -2.13. The molecule has 0 saturated carbocycles. The van der Waals surface area contributed by atoms with Gasteiger partial charge in [0.1, 0.15) is 5.82 Å². The fourth-order valence-electron chi connectivity index (χ4n) is 1.12. The fourth-order valence-corrected chi connectivity index (χ4v) is 1.12. The summed E-state index contributed by atoms with van der Waals surface area (Å²) in [7, 11) is 0. The van der Waals surface area contributed by atoms with Gasteiger partial charge in [-0.15, -0.1) is 6.58 Å². The highest BCUT2D eigenvalue weighted by Crippen LogP contribution is 2.04. The van der Waals surface area contributed by atoms with Gasteiger partial charge in [0.15, 0.2) is 0 Å². The minimum atomic E-state index is -0.318. The van der Waals surface area contributed by atoms with Crippen molar-refractivity contribution in [2.24, 2.45) is 5.84 Å². The van der Waals surface area contributed by atoms with Crippen molar-refractivity contribution in [3.8, 4) is 0 Å². The number of hydrogen-bond donors (Lipinski definition) is 1. The Kier molecular flexibility index (Phi) is 4.00. The summed E-state index contributed by atoms with van der Waals surface area (Å²) >= 11 is 0. The number of amides is 1. The van der Waals surface area contributed by atoms with Crippen molar-refractivity contribution in [1.29, 1.82) is 0 Å². The molecular weight excluding hydrogens is 195 g/mol. The lowest BCUT2D eigenvalue weighted by molar-refractivity contribution is -0.130. The number of nitrogens with zero attached hydrogens (tertiary/aromatic N) is 1. The molecule has 0 aromatic heterocycles. The molecule has 1 aromatic carbocycles. The van der Waals surface area contributed by atoms with Crippen molar-refractivity contribution in [3.63, 3.8) is 0 Å². The molecule has 0 bridgehead atoms. The SMILES string of the molecule is C=CCN(N)C(=O)Cc1ccc(F)cc1. The second kappa shape index (κ2) is 5.26. The van der Waals surface area contributed by atoms with Crippen LogP contribution in [0, 0.1) is 5.82 Å². The molecule has 3 nitrogen and oxygen atoms in total. The zero-order valence-corrected chi connectivity index (χ0v) is 8.32. The monoisotopic (exact) mass is 208 g/mol. The Labute approximate surface area is 88.0 Å². The van der Waals surface area contributed by atoms with Gasteiger partial charge in [-0.25, -0.2) is 10.2 Å². The maximum Gasteiger partial charge on any atom is 0.241 e. The van der Waals surface area contributed by atoms with E-state index in [4.69, 9.17) is 5.84 Å². The number of rotatable bonds is 4. The molecule has 0 radical (unpaired) electrons. The Morgan fingerprint density at radius 3 is 2.60 bits per heavy atom. The van der Waals surface area contributed by atoms with Crippen molar-refractivity contribution in [2.45, 2.75) is 6.42 Å². The molecule has 1 amide bonds. The number of benzene rings is 1. The van der Waals surface area contributed by atoms with E-state index in [1.807, 2.05) is 0 Å². The van der Waals surface area contributed by atoms with E-state index in [2.05, 4.69) is 6.58 Å². The van der Waals surface area contributed by atoms with Gasteiger partial charge in [-0.2, -0.15) is 0 Å². The topological polar surface area (TPSA) is 46.3 Å². The Morgan fingerprint density at radius 1 is 1.47 bits per heavy atom. The smallest absolute Gasteiger partial charge is 0.241 e. The number of nitrogens with two attached hydrogens (primary N) is 1. The molecule has 0 aliphatic rings. The van der Waals surface area contributed by atoms with Crippen LogP contribution in [0.15, 0.2) is 36.9 Å². The van der Waals surface area contributed by atoms with Crippen molar-refractivity contribution >= 4 is 5.91 Å². The van der Waals surface area contributed by atoms with Crippen LogP contribution in [-0.2, 0) is 11.2 Å². The highest BCUT2D eigenvalue weighted by Gasteiger charge is 2.08. The molecule has 0 heterocycles. The second-order valence-corrected chi connectivity index (χ2v) is 3.14. The van der Waals surface area contributed by atoms with Crippen LogP contribution in [-0.4, -0.2) is 17.5 Å². The lowest BCUT2D eigenvalue weighted by atomic mass is 10.1. The molecule has 15 heavy (non-hydrogen) atoms. The van der Waals surface area contributed by atoms with Gasteiger partial charge >= 0.3 is 0 Å². The Morgan fingerprint density at radius 2 is 2.07 bits per heavy atom. The van der Waals surface area contributed by atoms with Crippen LogP contribution in [0.5, 0.6) is 0 Å². The molecule has 4 heteroatoms. The lowest BCUT2D eigenvalue weighted by Crippen LogP contribution is -2.38. The molecule has 2 N–H and O–H groups in total. The van der Waals surface area contributed by atoms with Crippen LogP contribution in [0.2, 0.25) is 0 Å². The predicted molar refractivity (Wildman–Crippen MR) is 56.2 cm³/mol. The number of carbonyl (C=O) groups is 1. The zero-order valence-electron chi connectivity index (χ0n) is 8.32. The maximum atomic E-state index is 12.6. The van der Waals surface area contributed by atoms with Crippen molar-refractivity contribution in [1.82, 2.24) is 5.01 Å². The van der Waals surface area contributed by atoms with Gasteiger partial charge in [0.05, 0.1) is 13.0 Å². The van der Waals surface area contributed by atoms with E-state index >= 15 is 0 Å². The van der Waals surface area contributed by atoms with Gasteiger partial charge in [0.25, 0.3) is 0 Å². The van der Waals surface area contributed by atoms with Crippen LogP contribution in [0.25, 0.3) is 0 Å². The molecular formula is C11H13FN2O. The minimum Gasteiger partial charge on any atom is -0.277 e.